The number of nitrogen functional groups attached to an aromatic ring is 1. The summed E-state index contributed by atoms with van der Waals surface area (Å²) in [5.74, 6) is 1.11. The van der Waals surface area contributed by atoms with E-state index in [1.807, 2.05) is 18.2 Å². The molecule has 0 amide bonds. The number of unbranched alkanes of at least 4 members (excludes halogenated alkanes) is 1. The average Bonchev–Trinajstić information content (AvgIpc) is 2.11. The number of hydrogen-bond acceptors (Lipinski definition) is 2. The first-order valence-corrected chi connectivity index (χ1v) is 5.78. The first-order valence-electron chi connectivity index (χ1n) is 4.42. The average molecular weight is 216 g/mol. The Kier molecular flexibility index (Phi) is 4.46. The van der Waals surface area contributed by atoms with Gasteiger partial charge in [0.15, 0.2) is 0 Å². The van der Waals surface area contributed by atoms with E-state index in [2.05, 4.69) is 6.92 Å². The van der Waals surface area contributed by atoms with Crippen LogP contribution in [0.5, 0.6) is 0 Å². The van der Waals surface area contributed by atoms with Crippen molar-refractivity contribution in [2.24, 2.45) is 0 Å². The lowest BCUT2D eigenvalue weighted by Crippen LogP contribution is -1.86. The number of nitrogens with two attached hydrogens (primary N) is 1. The zero-order valence-corrected chi connectivity index (χ0v) is 9.29. The fourth-order valence-corrected chi connectivity index (χ4v) is 2.32. The van der Waals surface area contributed by atoms with Crippen LogP contribution in [-0.4, -0.2) is 5.75 Å². The van der Waals surface area contributed by atoms with E-state index >= 15 is 0 Å². The lowest BCUT2D eigenvalue weighted by Gasteiger charge is -2.04. The van der Waals surface area contributed by atoms with Crippen molar-refractivity contribution in [3.05, 3.63) is 23.2 Å². The minimum atomic E-state index is 0.781. The maximum atomic E-state index is 6.00. The van der Waals surface area contributed by atoms with Crippen molar-refractivity contribution >= 4 is 29.1 Å². The molecule has 0 saturated heterocycles. The van der Waals surface area contributed by atoms with Gasteiger partial charge in [0, 0.05) is 10.6 Å². The van der Waals surface area contributed by atoms with Gasteiger partial charge in [0.05, 0.1) is 5.02 Å². The zero-order valence-electron chi connectivity index (χ0n) is 7.72. The summed E-state index contributed by atoms with van der Waals surface area (Å²) in [5.41, 5.74) is 6.44. The monoisotopic (exact) mass is 215 g/mol. The molecule has 0 radical (unpaired) electrons. The Hall–Kier alpha value is -0.340. The molecule has 0 aromatic heterocycles. The molecule has 0 spiro atoms. The van der Waals surface area contributed by atoms with E-state index in [0.29, 0.717) is 0 Å². The van der Waals surface area contributed by atoms with E-state index in [0.717, 1.165) is 21.4 Å². The Morgan fingerprint density at radius 2 is 2.23 bits per heavy atom. The van der Waals surface area contributed by atoms with Gasteiger partial charge in [-0.1, -0.05) is 24.9 Å². The summed E-state index contributed by atoms with van der Waals surface area (Å²) in [5, 5.41) is 0.801. The highest BCUT2D eigenvalue weighted by Gasteiger charge is 2.00. The number of hydrogen-bond donors (Lipinski definition) is 1. The maximum absolute atomic E-state index is 6.00. The second-order valence-electron chi connectivity index (χ2n) is 2.89. The van der Waals surface area contributed by atoms with Gasteiger partial charge >= 0.3 is 0 Å². The number of thioether (sulfide) groups is 1. The summed E-state index contributed by atoms with van der Waals surface area (Å²) in [6.07, 6.45) is 2.43. The summed E-state index contributed by atoms with van der Waals surface area (Å²) >= 11 is 7.77. The van der Waals surface area contributed by atoms with Gasteiger partial charge in [0.1, 0.15) is 0 Å². The van der Waals surface area contributed by atoms with Crippen molar-refractivity contribution in [3.63, 3.8) is 0 Å². The Morgan fingerprint density at radius 3 is 2.92 bits per heavy atom. The molecule has 0 aliphatic heterocycles. The van der Waals surface area contributed by atoms with Crippen molar-refractivity contribution in [2.45, 2.75) is 24.7 Å². The third kappa shape index (κ3) is 3.49. The van der Waals surface area contributed by atoms with Gasteiger partial charge < -0.3 is 5.73 Å². The van der Waals surface area contributed by atoms with Crippen molar-refractivity contribution in [2.75, 3.05) is 11.5 Å². The van der Waals surface area contributed by atoms with Gasteiger partial charge in [-0.25, -0.2) is 0 Å². The third-order valence-corrected chi connectivity index (χ3v) is 3.29. The Labute approximate surface area is 88.7 Å². The van der Waals surface area contributed by atoms with Crippen molar-refractivity contribution in [3.8, 4) is 0 Å². The standard InChI is InChI=1S/C10H14ClNS/c1-2-3-6-13-10-7-8(12)4-5-9(10)11/h4-5,7H,2-3,6,12H2,1H3. The van der Waals surface area contributed by atoms with E-state index in [4.69, 9.17) is 17.3 Å². The van der Waals surface area contributed by atoms with Crippen molar-refractivity contribution in [1.29, 1.82) is 0 Å². The van der Waals surface area contributed by atoms with Gasteiger partial charge in [0.25, 0.3) is 0 Å². The van der Waals surface area contributed by atoms with Crippen LogP contribution in [0.1, 0.15) is 19.8 Å². The minimum absolute atomic E-state index is 0.781. The van der Waals surface area contributed by atoms with E-state index in [9.17, 15) is 0 Å². The highest BCUT2D eigenvalue weighted by atomic mass is 35.5. The molecule has 0 fully saturated rings. The molecule has 1 aromatic carbocycles. The largest absolute Gasteiger partial charge is 0.399 e. The predicted octanol–water partition coefficient (Wildman–Crippen LogP) is 3.81. The molecule has 0 bridgehead atoms. The highest BCUT2D eigenvalue weighted by Crippen LogP contribution is 2.29. The zero-order chi connectivity index (χ0) is 9.68. The number of halogens is 1. The molecule has 1 aromatic rings. The molecule has 1 nitrogen and oxygen atoms in total. The quantitative estimate of drug-likeness (QED) is 0.470. The molecule has 13 heavy (non-hydrogen) atoms. The van der Waals surface area contributed by atoms with Gasteiger partial charge in [-0.2, -0.15) is 0 Å². The molecule has 72 valence electrons. The Balaban J connectivity index is 2.59. The lowest BCUT2D eigenvalue weighted by molar-refractivity contribution is 0.896. The summed E-state index contributed by atoms with van der Waals surface area (Å²) in [6, 6.07) is 5.61. The first kappa shape index (κ1) is 10.7. The predicted molar refractivity (Wildman–Crippen MR) is 61.5 cm³/mol. The van der Waals surface area contributed by atoms with Crippen LogP contribution in [0.15, 0.2) is 23.1 Å². The maximum Gasteiger partial charge on any atom is 0.0543 e. The van der Waals surface area contributed by atoms with Crippen molar-refractivity contribution < 1.29 is 0 Å². The molecular weight excluding hydrogens is 202 g/mol. The van der Waals surface area contributed by atoms with Crippen LogP contribution in [0.2, 0.25) is 5.02 Å². The molecule has 3 heteroatoms. The normalized spacial score (nSPS) is 10.3. The Morgan fingerprint density at radius 1 is 1.46 bits per heavy atom. The summed E-state index contributed by atoms with van der Waals surface area (Å²) in [6.45, 7) is 2.18. The van der Waals surface area contributed by atoms with Crippen LogP contribution in [-0.2, 0) is 0 Å². The number of rotatable bonds is 4. The molecule has 0 heterocycles. The van der Waals surface area contributed by atoms with Crippen LogP contribution < -0.4 is 5.73 Å². The summed E-state index contributed by atoms with van der Waals surface area (Å²) < 4.78 is 0. The fraction of sp³-hybridized carbons (Fsp3) is 0.400. The van der Waals surface area contributed by atoms with Crippen molar-refractivity contribution in [1.82, 2.24) is 0 Å². The minimum Gasteiger partial charge on any atom is -0.399 e. The van der Waals surface area contributed by atoms with Gasteiger partial charge in [-0.05, 0) is 30.4 Å². The van der Waals surface area contributed by atoms with Crippen LogP contribution in [0.4, 0.5) is 5.69 Å². The van der Waals surface area contributed by atoms with Crippen LogP contribution in [0, 0.1) is 0 Å². The third-order valence-electron chi connectivity index (χ3n) is 1.71. The second-order valence-corrected chi connectivity index (χ2v) is 4.44. The lowest BCUT2D eigenvalue weighted by atomic mass is 10.3. The van der Waals surface area contributed by atoms with Gasteiger partial charge in [-0.15, -0.1) is 11.8 Å². The molecule has 2 N–H and O–H groups in total. The summed E-state index contributed by atoms with van der Waals surface area (Å²) in [4.78, 5) is 1.09. The molecule has 0 aliphatic carbocycles. The summed E-state index contributed by atoms with van der Waals surface area (Å²) in [7, 11) is 0. The number of anilines is 1. The fourth-order valence-electron chi connectivity index (χ4n) is 0.957. The van der Waals surface area contributed by atoms with Gasteiger partial charge in [0.2, 0.25) is 0 Å². The molecule has 0 unspecified atom stereocenters. The first-order chi connectivity index (χ1) is 6.24. The molecular formula is C10H14ClNS. The number of benzene rings is 1. The molecule has 0 saturated carbocycles. The SMILES string of the molecule is CCCCSc1cc(N)ccc1Cl. The highest BCUT2D eigenvalue weighted by molar-refractivity contribution is 7.99. The van der Waals surface area contributed by atoms with Crippen LogP contribution in [0.25, 0.3) is 0 Å². The van der Waals surface area contributed by atoms with Crippen LogP contribution >= 0.6 is 23.4 Å². The molecule has 0 atom stereocenters. The molecule has 1 rings (SSSR count). The topological polar surface area (TPSA) is 26.0 Å². The van der Waals surface area contributed by atoms with E-state index in [-0.39, 0.29) is 0 Å². The van der Waals surface area contributed by atoms with E-state index in [1.165, 1.54) is 12.8 Å². The van der Waals surface area contributed by atoms with E-state index in [1.54, 1.807) is 11.8 Å². The molecule has 0 aliphatic rings. The van der Waals surface area contributed by atoms with E-state index < -0.39 is 0 Å². The van der Waals surface area contributed by atoms with Gasteiger partial charge in [-0.3, -0.25) is 0 Å². The second kappa shape index (κ2) is 5.40. The Bertz CT molecular complexity index is 276. The smallest absolute Gasteiger partial charge is 0.0543 e. The van der Waals surface area contributed by atoms with Crippen LogP contribution in [0.3, 0.4) is 0 Å².